The summed E-state index contributed by atoms with van der Waals surface area (Å²) in [6.45, 7) is 3.85. The van der Waals surface area contributed by atoms with E-state index in [0.29, 0.717) is 13.0 Å². The molecule has 1 amide bonds. The Labute approximate surface area is 149 Å². The minimum absolute atomic E-state index is 0.196. The summed E-state index contributed by atoms with van der Waals surface area (Å²) < 4.78 is 0. The fourth-order valence-electron chi connectivity index (χ4n) is 2.68. The number of amides is 1. The first kappa shape index (κ1) is 23.4. The largest absolute Gasteiger partial charge is 0.396 e. The van der Waals surface area contributed by atoms with Crippen molar-refractivity contribution in [2.45, 2.75) is 83.5 Å². The van der Waals surface area contributed by atoms with Gasteiger partial charge in [0.25, 0.3) is 0 Å². The van der Waals surface area contributed by atoms with Crippen molar-refractivity contribution in [2.24, 2.45) is 5.73 Å². The first-order chi connectivity index (χ1) is 11.8. The Bertz CT molecular complexity index is 263. The lowest BCUT2D eigenvalue weighted by atomic mass is 10.1. The second-order valence-corrected chi connectivity index (χ2v) is 6.60. The smallest absolute Gasteiger partial charge is 0.219 e. The van der Waals surface area contributed by atoms with Crippen molar-refractivity contribution in [2.75, 3.05) is 32.8 Å². The molecule has 0 saturated heterocycles. The number of carbonyl (C=O) groups is 1. The minimum atomic E-state index is 0.196. The molecule has 0 unspecified atom stereocenters. The predicted octanol–water partition coefficient (Wildman–Crippen LogP) is 2.71. The predicted molar refractivity (Wildman–Crippen MR) is 102 cm³/mol. The maximum atomic E-state index is 11.7. The van der Waals surface area contributed by atoms with Gasteiger partial charge in [0.05, 0.1) is 0 Å². The van der Waals surface area contributed by atoms with Crippen molar-refractivity contribution in [1.29, 1.82) is 0 Å². The molecule has 0 aromatic heterocycles. The Hall–Kier alpha value is -0.650. The second kappa shape index (κ2) is 20.4. The molecule has 0 aliphatic rings. The van der Waals surface area contributed by atoms with Gasteiger partial charge in [-0.15, -0.1) is 0 Å². The highest BCUT2D eigenvalue weighted by molar-refractivity contribution is 5.75. The van der Waals surface area contributed by atoms with Gasteiger partial charge in [-0.3, -0.25) is 4.79 Å². The molecule has 0 heterocycles. The molecular formula is C19H41N3O2. The zero-order valence-corrected chi connectivity index (χ0v) is 15.7. The third kappa shape index (κ3) is 19.4. The quantitative estimate of drug-likeness (QED) is 0.272. The monoisotopic (exact) mass is 343 g/mol. The number of carbonyl (C=O) groups excluding carboxylic acids is 1. The number of hydrogen-bond acceptors (Lipinski definition) is 4. The molecule has 24 heavy (non-hydrogen) atoms. The summed E-state index contributed by atoms with van der Waals surface area (Å²) in [7, 11) is 0. The highest BCUT2D eigenvalue weighted by Crippen LogP contribution is 2.10. The van der Waals surface area contributed by atoms with Gasteiger partial charge < -0.3 is 21.5 Å². The van der Waals surface area contributed by atoms with Crippen LogP contribution in [-0.4, -0.2) is 43.8 Å². The SMILES string of the molecule is NCCCCNCCCNC(=O)CCCCCCCCCCCO. The van der Waals surface area contributed by atoms with Crippen LogP contribution in [0.25, 0.3) is 0 Å². The Kier molecular flexibility index (Phi) is 19.8. The van der Waals surface area contributed by atoms with Gasteiger partial charge in [-0.2, -0.15) is 0 Å². The van der Waals surface area contributed by atoms with E-state index in [0.717, 1.165) is 71.1 Å². The molecule has 0 rings (SSSR count). The van der Waals surface area contributed by atoms with Crippen molar-refractivity contribution >= 4 is 5.91 Å². The zero-order valence-electron chi connectivity index (χ0n) is 15.7. The maximum absolute atomic E-state index is 11.7. The number of aliphatic hydroxyl groups is 1. The van der Waals surface area contributed by atoms with Gasteiger partial charge in [0.1, 0.15) is 0 Å². The lowest BCUT2D eigenvalue weighted by Gasteiger charge is -2.06. The number of rotatable bonds is 19. The van der Waals surface area contributed by atoms with Crippen LogP contribution in [0.2, 0.25) is 0 Å². The van der Waals surface area contributed by atoms with Gasteiger partial charge in [-0.25, -0.2) is 0 Å². The van der Waals surface area contributed by atoms with Crippen LogP contribution in [0.5, 0.6) is 0 Å². The van der Waals surface area contributed by atoms with Crippen LogP contribution in [0.3, 0.4) is 0 Å². The van der Waals surface area contributed by atoms with Gasteiger partial charge in [-0.1, -0.05) is 44.9 Å². The number of nitrogens with one attached hydrogen (secondary N) is 2. The van der Waals surface area contributed by atoms with E-state index in [9.17, 15) is 4.79 Å². The zero-order chi connectivity index (χ0) is 17.7. The standard InChI is InChI=1S/C19H41N3O2/c20-14-9-10-15-21-16-12-17-22-19(24)13-8-6-4-2-1-3-5-7-11-18-23/h21,23H,1-18,20H2,(H,22,24). The third-order valence-corrected chi connectivity index (χ3v) is 4.22. The van der Waals surface area contributed by atoms with E-state index in [1.54, 1.807) is 0 Å². The average Bonchev–Trinajstić information content (AvgIpc) is 2.59. The van der Waals surface area contributed by atoms with Gasteiger partial charge >= 0.3 is 0 Å². The molecule has 5 N–H and O–H groups in total. The van der Waals surface area contributed by atoms with Crippen LogP contribution in [0.4, 0.5) is 0 Å². The number of unbranched alkanes of at least 4 members (excludes halogenated alkanes) is 9. The number of aliphatic hydroxyl groups excluding tert-OH is 1. The molecule has 0 aliphatic heterocycles. The molecule has 0 saturated carbocycles. The summed E-state index contributed by atoms with van der Waals surface area (Å²) in [6, 6.07) is 0. The van der Waals surface area contributed by atoms with Crippen LogP contribution >= 0.6 is 0 Å². The fourth-order valence-corrected chi connectivity index (χ4v) is 2.68. The highest BCUT2D eigenvalue weighted by atomic mass is 16.2. The first-order valence-electron chi connectivity index (χ1n) is 10.1. The molecule has 0 aromatic rings. The summed E-state index contributed by atoms with van der Waals surface area (Å²) in [5.74, 6) is 0.196. The van der Waals surface area contributed by atoms with Crippen LogP contribution in [0, 0.1) is 0 Å². The number of nitrogens with two attached hydrogens (primary N) is 1. The maximum Gasteiger partial charge on any atom is 0.219 e. The van der Waals surface area contributed by atoms with Crippen LogP contribution in [0.15, 0.2) is 0 Å². The second-order valence-electron chi connectivity index (χ2n) is 6.60. The molecule has 0 bridgehead atoms. The van der Waals surface area contributed by atoms with Gasteiger partial charge in [0.2, 0.25) is 5.91 Å². The van der Waals surface area contributed by atoms with Crippen LogP contribution in [-0.2, 0) is 4.79 Å². The average molecular weight is 344 g/mol. The van der Waals surface area contributed by atoms with E-state index in [1.165, 1.54) is 32.1 Å². The summed E-state index contributed by atoms with van der Waals surface area (Å²) in [5.41, 5.74) is 5.44. The molecule has 0 fully saturated rings. The van der Waals surface area contributed by atoms with E-state index < -0.39 is 0 Å². The lowest BCUT2D eigenvalue weighted by molar-refractivity contribution is -0.121. The molecule has 0 radical (unpaired) electrons. The van der Waals surface area contributed by atoms with Crippen molar-refractivity contribution in [1.82, 2.24) is 10.6 Å². The molecule has 0 atom stereocenters. The Morgan fingerprint density at radius 2 is 1.29 bits per heavy atom. The van der Waals surface area contributed by atoms with Crippen molar-refractivity contribution in [3.05, 3.63) is 0 Å². The van der Waals surface area contributed by atoms with Gasteiger partial charge in [-0.05, 0) is 51.7 Å². The van der Waals surface area contributed by atoms with E-state index in [2.05, 4.69) is 10.6 Å². The van der Waals surface area contributed by atoms with Gasteiger partial charge in [0, 0.05) is 19.6 Å². The van der Waals surface area contributed by atoms with E-state index in [1.807, 2.05) is 0 Å². The first-order valence-corrected chi connectivity index (χ1v) is 10.1. The topological polar surface area (TPSA) is 87.4 Å². The normalized spacial score (nSPS) is 10.9. The molecular weight excluding hydrogens is 302 g/mol. The van der Waals surface area contributed by atoms with Crippen LogP contribution in [0.1, 0.15) is 83.5 Å². The van der Waals surface area contributed by atoms with Crippen LogP contribution < -0.4 is 16.4 Å². The third-order valence-electron chi connectivity index (χ3n) is 4.22. The Morgan fingerprint density at radius 1 is 0.708 bits per heavy atom. The minimum Gasteiger partial charge on any atom is -0.396 e. The van der Waals surface area contributed by atoms with Crippen molar-refractivity contribution in [3.8, 4) is 0 Å². The lowest BCUT2D eigenvalue weighted by Crippen LogP contribution is -2.27. The Balaban J connectivity index is 3.13. The summed E-state index contributed by atoms with van der Waals surface area (Å²) in [4.78, 5) is 11.7. The summed E-state index contributed by atoms with van der Waals surface area (Å²) in [6.07, 6.45) is 14.4. The van der Waals surface area contributed by atoms with E-state index >= 15 is 0 Å². The highest BCUT2D eigenvalue weighted by Gasteiger charge is 2.00. The van der Waals surface area contributed by atoms with E-state index in [-0.39, 0.29) is 5.91 Å². The molecule has 144 valence electrons. The summed E-state index contributed by atoms with van der Waals surface area (Å²) in [5, 5.41) is 15.1. The van der Waals surface area contributed by atoms with Gasteiger partial charge in [0.15, 0.2) is 0 Å². The molecule has 5 heteroatoms. The fraction of sp³-hybridized carbons (Fsp3) is 0.947. The van der Waals surface area contributed by atoms with E-state index in [4.69, 9.17) is 10.8 Å². The molecule has 0 aromatic carbocycles. The van der Waals surface area contributed by atoms with Crippen molar-refractivity contribution in [3.63, 3.8) is 0 Å². The molecule has 0 aliphatic carbocycles. The summed E-state index contributed by atoms with van der Waals surface area (Å²) >= 11 is 0. The number of hydrogen-bond donors (Lipinski definition) is 4. The van der Waals surface area contributed by atoms with Crippen molar-refractivity contribution < 1.29 is 9.90 Å². The molecule has 0 spiro atoms. The molecule has 5 nitrogen and oxygen atoms in total. The Morgan fingerprint density at radius 3 is 1.92 bits per heavy atom.